The highest BCUT2D eigenvalue weighted by Gasteiger charge is 2.26. The molecule has 7 aromatic carbocycles. The van der Waals surface area contributed by atoms with E-state index in [0.717, 1.165) is 23.1 Å². The first-order chi connectivity index (χ1) is 24.3. The number of fused-ring (bicyclic) bond motifs is 3. The third kappa shape index (κ3) is 5.69. The summed E-state index contributed by atoms with van der Waals surface area (Å²) >= 11 is 0. The Balaban J connectivity index is 0.00000361. The summed E-state index contributed by atoms with van der Waals surface area (Å²) in [7, 11) is 0. The smallest absolute Gasteiger partial charge is 0.164 e. The molecule has 0 aliphatic heterocycles. The fraction of sp³-hybridized carbons (Fsp3) is 0.0426. The minimum Gasteiger partial charge on any atom is -0.208 e. The second-order valence-electron chi connectivity index (χ2n) is 12.4. The van der Waals surface area contributed by atoms with Crippen molar-refractivity contribution < 1.29 is 0 Å². The van der Waals surface area contributed by atoms with Crippen LogP contribution in [0.5, 0.6) is 0 Å². The molecule has 1 aromatic heterocycles. The first-order valence-electron chi connectivity index (χ1n) is 16.7. The Bertz CT molecular complexity index is 2380. The van der Waals surface area contributed by atoms with Crippen LogP contribution in [0.1, 0.15) is 18.6 Å². The van der Waals surface area contributed by atoms with Crippen molar-refractivity contribution in [3.05, 3.63) is 187 Å². The van der Waals surface area contributed by atoms with Crippen LogP contribution < -0.4 is 0 Å². The Labute approximate surface area is 293 Å². The summed E-state index contributed by atoms with van der Waals surface area (Å²) in [4.78, 5) is 15.1. The molecule has 0 N–H and O–H groups in total. The zero-order valence-electron chi connectivity index (χ0n) is 26.8. The molecule has 0 unspecified atom stereocenters. The zero-order chi connectivity index (χ0) is 32.6. The molecule has 0 saturated carbocycles. The summed E-state index contributed by atoms with van der Waals surface area (Å²) in [5, 5.41) is 0. The van der Waals surface area contributed by atoms with E-state index >= 15 is 0 Å². The van der Waals surface area contributed by atoms with Crippen LogP contribution in [0.2, 0.25) is 0 Å². The van der Waals surface area contributed by atoms with Crippen LogP contribution in [0.15, 0.2) is 176 Å². The van der Waals surface area contributed by atoms with Gasteiger partial charge in [-0.25, -0.2) is 15.0 Å². The van der Waals surface area contributed by atoms with Crippen LogP contribution in [0.4, 0.5) is 0 Å². The summed E-state index contributed by atoms with van der Waals surface area (Å²) in [6, 6.07) is 61.8. The number of nitrogens with zero attached hydrogens (tertiary/aromatic N) is 3. The molecule has 0 fully saturated rings. The molecule has 0 amide bonds. The summed E-state index contributed by atoms with van der Waals surface area (Å²) in [5.74, 6) is 2.04. The van der Waals surface area contributed by atoms with Gasteiger partial charge >= 0.3 is 0 Å². The highest BCUT2D eigenvalue weighted by molar-refractivity contribution is 5.89. The molecule has 0 spiro atoms. The minimum atomic E-state index is 0. The topological polar surface area (TPSA) is 38.7 Å². The Hall–Kier alpha value is -6.45. The molecular weight excluding hydrogens is 607 g/mol. The number of benzene rings is 7. The number of hydrogen-bond donors (Lipinski definition) is 0. The molecule has 0 bridgehead atoms. The maximum atomic E-state index is 5.07. The lowest BCUT2D eigenvalue weighted by atomic mass is 9.93. The average Bonchev–Trinajstić information content (AvgIpc) is 3.58. The monoisotopic (exact) mass is 641 g/mol. The van der Waals surface area contributed by atoms with Crippen molar-refractivity contribution in [1.29, 1.82) is 0 Å². The lowest BCUT2D eigenvalue weighted by Crippen LogP contribution is -2.01. The van der Waals surface area contributed by atoms with E-state index in [1.165, 1.54) is 55.6 Å². The van der Waals surface area contributed by atoms with Crippen LogP contribution in [-0.2, 0) is 6.42 Å². The van der Waals surface area contributed by atoms with Gasteiger partial charge in [0.25, 0.3) is 0 Å². The number of rotatable bonds is 6. The van der Waals surface area contributed by atoms with E-state index in [1.807, 2.05) is 36.4 Å². The third-order valence-corrected chi connectivity index (χ3v) is 9.43. The molecule has 50 heavy (non-hydrogen) atoms. The summed E-state index contributed by atoms with van der Waals surface area (Å²) in [6.45, 7) is 0. The molecule has 1 heterocycles. The molecule has 8 aromatic rings. The lowest BCUT2D eigenvalue weighted by Gasteiger charge is -2.12. The quantitative estimate of drug-likeness (QED) is 0.181. The predicted octanol–water partition coefficient (Wildman–Crippen LogP) is 12.1. The Kier molecular flexibility index (Phi) is 8.16. The molecule has 0 saturated heterocycles. The van der Waals surface area contributed by atoms with Gasteiger partial charge in [0.15, 0.2) is 17.5 Å². The van der Waals surface area contributed by atoms with E-state index < -0.39 is 0 Å². The standard InChI is InChI=1S/C46H31N3.CH4/c1-4-13-31(14-5-1)32-25-27-33(28-26-32)36-19-10-20-37(29-36)38-21-11-22-39-40-23-12-24-41(43(40)30-42(38)39)46-48-44(34-15-6-2-7-16-34)47-45(49-46)35-17-8-3-9-18-35;/h1-29H,30H2;1H4. The average molecular weight is 642 g/mol. The van der Waals surface area contributed by atoms with E-state index in [2.05, 4.69) is 140 Å². The summed E-state index contributed by atoms with van der Waals surface area (Å²) in [5.41, 5.74) is 15.4. The second-order valence-corrected chi connectivity index (χ2v) is 12.4. The maximum Gasteiger partial charge on any atom is 0.164 e. The Morgan fingerprint density at radius 2 is 0.660 bits per heavy atom. The van der Waals surface area contributed by atoms with Crippen molar-refractivity contribution in [3.63, 3.8) is 0 Å². The van der Waals surface area contributed by atoms with Gasteiger partial charge in [0.05, 0.1) is 0 Å². The van der Waals surface area contributed by atoms with Gasteiger partial charge in [0, 0.05) is 23.1 Å². The van der Waals surface area contributed by atoms with Crippen LogP contribution in [0, 0.1) is 0 Å². The number of hydrogen-bond acceptors (Lipinski definition) is 3. The Morgan fingerprint density at radius 1 is 0.280 bits per heavy atom. The molecule has 3 heteroatoms. The highest BCUT2D eigenvalue weighted by atomic mass is 15.0. The summed E-state index contributed by atoms with van der Waals surface area (Å²) in [6.07, 6.45) is 0.806. The van der Waals surface area contributed by atoms with E-state index in [-0.39, 0.29) is 7.43 Å². The van der Waals surface area contributed by atoms with E-state index in [1.54, 1.807) is 0 Å². The van der Waals surface area contributed by atoms with Gasteiger partial charge in [-0.1, -0.05) is 177 Å². The normalized spacial score (nSPS) is 11.4. The van der Waals surface area contributed by atoms with Crippen LogP contribution in [-0.4, -0.2) is 15.0 Å². The summed E-state index contributed by atoms with van der Waals surface area (Å²) < 4.78 is 0. The molecule has 9 rings (SSSR count). The van der Waals surface area contributed by atoms with Gasteiger partial charge in [-0.05, 0) is 61.7 Å². The van der Waals surface area contributed by atoms with Gasteiger partial charge in [-0.3, -0.25) is 0 Å². The molecule has 3 nitrogen and oxygen atoms in total. The largest absolute Gasteiger partial charge is 0.208 e. The van der Waals surface area contributed by atoms with E-state index in [0.29, 0.717) is 17.5 Å². The van der Waals surface area contributed by atoms with Gasteiger partial charge in [-0.15, -0.1) is 0 Å². The Morgan fingerprint density at radius 3 is 1.24 bits per heavy atom. The molecule has 0 atom stereocenters. The van der Waals surface area contributed by atoms with Crippen molar-refractivity contribution in [1.82, 2.24) is 15.0 Å². The molecule has 238 valence electrons. The fourth-order valence-corrected chi connectivity index (χ4v) is 7.00. The molecular formula is C47H35N3. The van der Waals surface area contributed by atoms with Gasteiger partial charge in [0.2, 0.25) is 0 Å². The molecule has 0 radical (unpaired) electrons. The minimum absolute atomic E-state index is 0. The number of aromatic nitrogens is 3. The molecule has 1 aliphatic carbocycles. The highest BCUT2D eigenvalue weighted by Crippen LogP contribution is 2.45. The SMILES string of the molecule is C.c1ccc(-c2ccc(-c3cccc(-c4cccc5c4Cc4c(-c6nc(-c7ccccc7)nc(-c7ccccc7)n6)cccc4-5)c3)cc2)cc1. The second kappa shape index (κ2) is 13.2. The van der Waals surface area contributed by atoms with E-state index in [4.69, 9.17) is 15.0 Å². The fourth-order valence-electron chi connectivity index (χ4n) is 7.00. The zero-order valence-corrected chi connectivity index (χ0v) is 26.8. The predicted molar refractivity (Wildman–Crippen MR) is 207 cm³/mol. The van der Waals surface area contributed by atoms with Crippen LogP contribution in [0.25, 0.3) is 78.7 Å². The van der Waals surface area contributed by atoms with Gasteiger partial charge in [-0.2, -0.15) is 0 Å². The lowest BCUT2D eigenvalue weighted by molar-refractivity contribution is 1.07. The van der Waals surface area contributed by atoms with Crippen molar-refractivity contribution >= 4 is 0 Å². The van der Waals surface area contributed by atoms with Crippen LogP contribution >= 0.6 is 0 Å². The van der Waals surface area contributed by atoms with Gasteiger partial charge in [0.1, 0.15) is 0 Å². The van der Waals surface area contributed by atoms with E-state index in [9.17, 15) is 0 Å². The first-order valence-corrected chi connectivity index (χ1v) is 16.7. The molecule has 1 aliphatic rings. The van der Waals surface area contributed by atoms with Crippen molar-refractivity contribution in [2.24, 2.45) is 0 Å². The maximum absolute atomic E-state index is 5.07. The van der Waals surface area contributed by atoms with Gasteiger partial charge < -0.3 is 0 Å². The third-order valence-electron chi connectivity index (χ3n) is 9.43. The van der Waals surface area contributed by atoms with Crippen molar-refractivity contribution in [2.75, 3.05) is 0 Å². The van der Waals surface area contributed by atoms with Crippen LogP contribution in [0.3, 0.4) is 0 Å². The van der Waals surface area contributed by atoms with Crippen molar-refractivity contribution in [3.8, 4) is 78.7 Å². The first kappa shape index (κ1) is 30.9. The van der Waals surface area contributed by atoms with Crippen molar-refractivity contribution in [2.45, 2.75) is 13.8 Å².